The van der Waals surface area contributed by atoms with Gasteiger partial charge in [0, 0.05) is 43.3 Å². The minimum atomic E-state index is 0.303. The van der Waals surface area contributed by atoms with E-state index in [9.17, 15) is 0 Å². The summed E-state index contributed by atoms with van der Waals surface area (Å²) in [6.45, 7) is 1.85. The van der Waals surface area contributed by atoms with Crippen LogP contribution in [0, 0.1) is 0 Å². The third-order valence-corrected chi connectivity index (χ3v) is 4.18. The van der Waals surface area contributed by atoms with Crippen molar-refractivity contribution in [2.45, 2.75) is 18.8 Å². The molecule has 0 amide bonds. The summed E-state index contributed by atoms with van der Waals surface area (Å²) in [7, 11) is 0. The summed E-state index contributed by atoms with van der Waals surface area (Å²) < 4.78 is 0. The van der Waals surface area contributed by atoms with Crippen LogP contribution in [0.4, 0.5) is 11.8 Å². The predicted octanol–water partition coefficient (Wildman–Crippen LogP) is 1.71. The zero-order valence-corrected chi connectivity index (χ0v) is 12.1. The smallest absolute Gasteiger partial charge is 0.222 e. The Bertz CT molecular complexity index is 784. The van der Waals surface area contributed by atoms with Gasteiger partial charge in [-0.25, -0.2) is 4.98 Å². The van der Waals surface area contributed by atoms with E-state index in [0.717, 1.165) is 42.7 Å². The molecule has 1 atom stereocenters. The lowest BCUT2D eigenvalue weighted by molar-refractivity contribution is 0.499. The summed E-state index contributed by atoms with van der Waals surface area (Å²) in [5.74, 6) is 1.61. The predicted molar refractivity (Wildman–Crippen MR) is 84.5 cm³/mol. The third-order valence-electron chi connectivity index (χ3n) is 4.18. The normalized spacial score (nSPS) is 18.7. The topological polar surface area (TPSA) is 96.6 Å². The molecule has 3 N–H and O–H groups in total. The Balaban J connectivity index is 1.72. The van der Waals surface area contributed by atoms with E-state index in [2.05, 4.69) is 30.0 Å². The molecular weight excluding hydrogens is 278 g/mol. The summed E-state index contributed by atoms with van der Waals surface area (Å²) in [5.41, 5.74) is 7.88. The number of fused-ring (bicyclic) bond motifs is 1. The van der Waals surface area contributed by atoms with Gasteiger partial charge in [-0.1, -0.05) is 0 Å². The monoisotopic (exact) mass is 295 g/mol. The number of hydrogen-bond acceptors (Lipinski definition) is 6. The first kappa shape index (κ1) is 13.0. The number of aromatic nitrogens is 5. The average Bonchev–Trinajstić information content (AvgIpc) is 3.09. The van der Waals surface area contributed by atoms with Crippen molar-refractivity contribution in [3.8, 4) is 0 Å². The lowest BCUT2D eigenvalue weighted by Crippen LogP contribution is -2.35. The number of rotatable bonds is 2. The molecule has 1 aliphatic rings. The van der Waals surface area contributed by atoms with Crippen molar-refractivity contribution in [2.24, 2.45) is 0 Å². The van der Waals surface area contributed by atoms with E-state index in [1.165, 1.54) is 5.69 Å². The van der Waals surface area contributed by atoms with E-state index >= 15 is 0 Å². The van der Waals surface area contributed by atoms with Crippen LogP contribution in [-0.4, -0.2) is 38.2 Å². The number of piperidine rings is 1. The largest absolute Gasteiger partial charge is 0.368 e. The number of pyridine rings is 1. The first-order valence-corrected chi connectivity index (χ1v) is 7.43. The molecule has 0 radical (unpaired) electrons. The quantitative estimate of drug-likeness (QED) is 0.747. The molecule has 3 aromatic heterocycles. The average molecular weight is 295 g/mol. The van der Waals surface area contributed by atoms with Gasteiger partial charge in [-0.2, -0.15) is 10.1 Å². The van der Waals surface area contributed by atoms with E-state index in [1.54, 1.807) is 12.4 Å². The van der Waals surface area contributed by atoms with Gasteiger partial charge in [0.15, 0.2) is 0 Å². The molecule has 7 heteroatoms. The molecule has 0 saturated carbocycles. The molecule has 1 aliphatic heterocycles. The SMILES string of the molecule is Nc1nc(N2CCCC(c3ccn[nH]3)C2)c2cnccc2n1. The van der Waals surface area contributed by atoms with E-state index in [4.69, 9.17) is 5.73 Å². The van der Waals surface area contributed by atoms with Crippen LogP contribution < -0.4 is 10.6 Å². The van der Waals surface area contributed by atoms with Crippen molar-refractivity contribution in [3.05, 3.63) is 36.4 Å². The first-order valence-electron chi connectivity index (χ1n) is 7.43. The third kappa shape index (κ3) is 2.24. The molecule has 1 unspecified atom stereocenters. The van der Waals surface area contributed by atoms with Gasteiger partial charge in [0.1, 0.15) is 5.82 Å². The van der Waals surface area contributed by atoms with Crippen molar-refractivity contribution in [3.63, 3.8) is 0 Å². The second-order valence-electron chi connectivity index (χ2n) is 5.60. The maximum absolute atomic E-state index is 5.88. The fraction of sp³-hybridized carbons (Fsp3) is 0.333. The molecule has 7 nitrogen and oxygen atoms in total. The van der Waals surface area contributed by atoms with Gasteiger partial charge in [-0.3, -0.25) is 10.1 Å². The second-order valence-corrected chi connectivity index (χ2v) is 5.60. The summed E-state index contributed by atoms with van der Waals surface area (Å²) in [5, 5.41) is 8.09. The zero-order chi connectivity index (χ0) is 14.9. The molecule has 0 bridgehead atoms. The van der Waals surface area contributed by atoms with Gasteiger partial charge in [0.25, 0.3) is 0 Å². The first-order chi connectivity index (χ1) is 10.8. The van der Waals surface area contributed by atoms with Crippen LogP contribution in [0.1, 0.15) is 24.5 Å². The Morgan fingerprint density at radius 1 is 1.23 bits per heavy atom. The molecular formula is C15H17N7. The highest BCUT2D eigenvalue weighted by molar-refractivity contribution is 5.89. The van der Waals surface area contributed by atoms with Gasteiger partial charge in [-0.15, -0.1) is 0 Å². The van der Waals surface area contributed by atoms with E-state index in [-0.39, 0.29) is 0 Å². The van der Waals surface area contributed by atoms with Crippen LogP contribution in [-0.2, 0) is 0 Å². The molecule has 0 aliphatic carbocycles. The van der Waals surface area contributed by atoms with Crippen LogP contribution in [0.3, 0.4) is 0 Å². The van der Waals surface area contributed by atoms with Gasteiger partial charge < -0.3 is 10.6 Å². The number of anilines is 2. The Hall–Kier alpha value is -2.70. The Labute approximate surface area is 127 Å². The number of H-pyrrole nitrogens is 1. The van der Waals surface area contributed by atoms with Gasteiger partial charge >= 0.3 is 0 Å². The number of hydrogen-bond donors (Lipinski definition) is 2. The van der Waals surface area contributed by atoms with E-state index < -0.39 is 0 Å². The Morgan fingerprint density at radius 2 is 2.18 bits per heavy atom. The number of nitrogens with two attached hydrogens (primary N) is 1. The van der Waals surface area contributed by atoms with Gasteiger partial charge in [0.05, 0.1) is 10.9 Å². The van der Waals surface area contributed by atoms with Crippen LogP contribution in [0.5, 0.6) is 0 Å². The minimum absolute atomic E-state index is 0.303. The Kier molecular flexibility index (Phi) is 3.10. The number of nitrogen functional groups attached to an aromatic ring is 1. The summed E-state index contributed by atoms with van der Waals surface area (Å²) in [6.07, 6.45) is 7.59. The molecule has 4 heterocycles. The maximum Gasteiger partial charge on any atom is 0.222 e. The zero-order valence-electron chi connectivity index (χ0n) is 12.1. The maximum atomic E-state index is 5.88. The highest BCUT2D eigenvalue weighted by atomic mass is 15.2. The fourth-order valence-electron chi connectivity index (χ4n) is 3.13. The highest BCUT2D eigenvalue weighted by Crippen LogP contribution is 2.31. The van der Waals surface area contributed by atoms with E-state index in [1.807, 2.05) is 18.3 Å². The van der Waals surface area contributed by atoms with Crippen molar-refractivity contribution in [2.75, 3.05) is 23.7 Å². The van der Waals surface area contributed by atoms with Gasteiger partial charge in [0.2, 0.25) is 5.95 Å². The second kappa shape index (κ2) is 5.25. The van der Waals surface area contributed by atoms with Crippen molar-refractivity contribution >= 4 is 22.7 Å². The summed E-state index contributed by atoms with van der Waals surface area (Å²) >= 11 is 0. The van der Waals surface area contributed by atoms with Gasteiger partial charge in [-0.05, 0) is 25.0 Å². The minimum Gasteiger partial charge on any atom is -0.368 e. The number of aromatic amines is 1. The van der Waals surface area contributed by atoms with Crippen LogP contribution >= 0.6 is 0 Å². The lowest BCUT2D eigenvalue weighted by Gasteiger charge is -2.33. The molecule has 4 rings (SSSR count). The Morgan fingerprint density at radius 3 is 3.05 bits per heavy atom. The summed E-state index contributed by atoms with van der Waals surface area (Å²) in [6, 6.07) is 3.91. The van der Waals surface area contributed by atoms with Crippen LogP contribution in [0.15, 0.2) is 30.7 Å². The fourth-order valence-corrected chi connectivity index (χ4v) is 3.13. The number of nitrogens with zero attached hydrogens (tertiary/aromatic N) is 5. The van der Waals surface area contributed by atoms with Crippen LogP contribution in [0.25, 0.3) is 10.9 Å². The molecule has 22 heavy (non-hydrogen) atoms. The molecule has 112 valence electrons. The molecule has 3 aromatic rings. The standard InChI is InChI=1S/C15H17N7/c16-15-19-13-3-5-17-8-11(13)14(20-15)22-7-1-2-10(9-22)12-4-6-18-21-12/h3-6,8,10H,1-2,7,9H2,(H,18,21)(H2,16,19,20). The van der Waals surface area contributed by atoms with Crippen molar-refractivity contribution in [1.82, 2.24) is 25.1 Å². The molecule has 0 spiro atoms. The highest BCUT2D eigenvalue weighted by Gasteiger charge is 2.24. The summed E-state index contributed by atoms with van der Waals surface area (Å²) in [4.78, 5) is 15.2. The van der Waals surface area contributed by atoms with Crippen molar-refractivity contribution < 1.29 is 0 Å². The number of nitrogens with one attached hydrogen (secondary N) is 1. The van der Waals surface area contributed by atoms with Crippen LogP contribution in [0.2, 0.25) is 0 Å². The lowest BCUT2D eigenvalue weighted by atomic mass is 9.95. The molecule has 0 aromatic carbocycles. The molecule has 1 saturated heterocycles. The molecule has 1 fully saturated rings. The van der Waals surface area contributed by atoms with E-state index in [0.29, 0.717) is 11.9 Å². The van der Waals surface area contributed by atoms with Crippen molar-refractivity contribution in [1.29, 1.82) is 0 Å².